The number of esters is 1. The molecular weight excluding hydrogens is 691 g/mol. The van der Waals surface area contributed by atoms with Crippen molar-refractivity contribution in [1.82, 2.24) is 15.1 Å². The van der Waals surface area contributed by atoms with Crippen molar-refractivity contribution in [2.45, 2.75) is 96.0 Å². The number of aromatic amines is 1. The van der Waals surface area contributed by atoms with Crippen LogP contribution in [-0.2, 0) is 28.9 Å². The lowest BCUT2D eigenvalue weighted by Crippen LogP contribution is -2.35. The van der Waals surface area contributed by atoms with Crippen molar-refractivity contribution in [3.8, 4) is 5.75 Å². The van der Waals surface area contributed by atoms with Crippen LogP contribution in [0.2, 0.25) is 0 Å². The fraction of sp³-hybridized carbons (Fsp3) is 0.478. The predicted molar refractivity (Wildman–Crippen MR) is 217 cm³/mol. The largest absolute Gasteiger partial charge is 0.490 e. The highest BCUT2D eigenvalue weighted by atomic mass is 16.6. The van der Waals surface area contributed by atoms with Gasteiger partial charge in [-0.1, -0.05) is 72.8 Å². The van der Waals surface area contributed by atoms with Crippen molar-refractivity contribution in [2.75, 3.05) is 26.3 Å². The number of carbonyl (C=O) groups excluding carboxylic acids is 1. The number of aliphatic hydroxyl groups excluding tert-OH is 3. The zero-order chi connectivity index (χ0) is 38.4. The van der Waals surface area contributed by atoms with Gasteiger partial charge in [-0.05, 0) is 117 Å². The van der Waals surface area contributed by atoms with E-state index in [2.05, 4.69) is 51.5 Å². The van der Waals surface area contributed by atoms with Gasteiger partial charge in [0.15, 0.2) is 0 Å². The first kappa shape index (κ1) is 40.4. The number of nitrogens with zero attached hydrogens (tertiary/aromatic N) is 2. The van der Waals surface area contributed by atoms with Crippen molar-refractivity contribution in [2.24, 2.45) is 17.8 Å². The molecule has 294 valence electrons. The van der Waals surface area contributed by atoms with Crippen LogP contribution < -0.4 is 4.74 Å². The highest BCUT2D eigenvalue weighted by molar-refractivity contribution is 5.78. The predicted octanol–water partition coefficient (Wildman–Crippen LogP) is 7.27. The summed E-state index contributed by atoms with van der Waals surface area (Å²) in [6.07, 6.45) is 15.3. The Labute approximate surface area is 326 Å². The van der Waals surface area contributed by atoms with Gasteiger partial charge in [-0.25, -0.2) is 0 Å². The number of unbranched alkanes of at least 4 members (excludes halogenated alkanes) is 1. The van der Waals surface area contributed by atoms with Gasteiger partial charge in [-0.15, -0.1) is 0 Å². The standard InChI is InChI=1S/C46H59N3O6/c1-33-15-16-37(32-49-23-9-12-36(31-49)26-35-18-22-42-38(27-35)30-47-48-42)28-45(33)54-24-25-55-46(53)14-8-3-2-7-13-40-41(44(52)29-43(40)51)21-20-39(50)19-17-34-10-5-4-6-11-34/h2,4-7,10-11,15-16,18,20-22,27-28,30,36,39-41,43-44,50-52H,3,8-9,12-14,17,19,23-26,29,31-32H2,1H3,(H,47,48)/b7-2-,21-20+/t36-,39-,40+,41+,43-,44+/m0/s1. The van der Waals surface area contributed by atoms with Crippen LogP contribution in [0.5, 0.6) is 5.75 Å². The van der Waals surface area contributed by atoms with Crippen molar-refractivity contribution in [3.05, 3.63) is 119 Å². The number of carbonyl (C=O) groups is 1. The zero-order valence-corrected chi connectivity index (χ0v) is 32.3. The molecular formula is C46H59N3O6. The number of H-pyrrole nitrogens is 1. The Hall–Kier alpha value is -4.28. The maximum absolute atomic E-state index is 12.4. The smallest absolute Gasteiger partial charge is 0.305 e. The highest BCUT2D eigenvalue weighted by Crippen LogP contribution is 2.36. The summed E-state index contributed by atoms with van der Waals surface area (Å²) >= 11 is 0. The molecule has 9 nitrogen and oxygen atoms in total. The summed E-state index contributed by atoms with van der Waals surface area (Å²) in [6, 6.07) is 23.1. The first-order valence-electron chi connectivity index (χ1n) is 20.2. The molecule has 9 heteroatoms. The molecule has 6 rings (SSSR count). The van der Waals surface area contributed by atoms with Crippen LogP contribution in [0, 0.1) is 24.7 Å². The molecule has 0 bridgehead atoms. The molecule has 2 aliphatic rings. The molecule has 3 aromatic carbocycles. The van der Waals surface area contributed by atoms with Crippen LogP contribution in [0.15, 0.2) is 97.2 Å². The fourth-order valence-corrected chi connectivity index (χ4v) is 8.20. The third kappa shape index (κ3) is 12.4. The highest BCUT2D eigenvalue weighted by Gasteiger charge is 2.39. The first-order valence-corrected chi connectivity index (χ1v) is 20.2. The number of piperidine rings is 1. The molecule has 1 saturated carbocycles. The number of benzene rings is 3. The molecule has 1 aliphatic heterocycles. The Morgan fingerprint density at radius 2 is 1.87 bits per heavy atom. The summed E-state index contributed by atoms with van der Waals surface area (Å²) in [5.74, 6) is 0.895. The molecule has 1 aromatic heterocycles. The second-order valence-electron chi connectivity index (χ2n) is 15.6. The molecule has 2 heterocycles. The summed E-state index contributed by atoms with van der Waals surface area (Å²) in [5, 5.41) is 40.0. The van der Waals surface area contributed by atoms with Crippen molar-refractivity contribution >= 4 is 16.9 Å². The second kappa shape index (κ2) is 20.6. The number of ether oxygens (including phenoxy) is 2. The second-order valence-corrected chi connectivity index (χ2v) is 15.6. The normalized spacial score (nSPS) is 22.5. The van der Waals surface area contributed by atoms with E-state index in [0.29, 0.717) is 44.6 Å². The minimum atomic E-state index is -0.633. The number of rotatable bonds is 19. The molecule has 1 saturated heterocycles. The number of aliphatic hydroxyl groups is 3. The number of fused-ring (bicyclic) bond motifs is 1. The molecule has 0 amide bonds. The van der Waals surface area contributed by atoms with E-state index in [0.717, 1.165) is 55.7 Å². The Balaban J connectivity index is 0.850. The van der Waals surface area contributed by atoms with E-state index in [9.17, 15) is 20.1 Å². The van der Waals surface area contributed by atoms with Crippen LogP contribution in [-0.4, -0.2) is 81.0 Å². The van der Waals surface area contributed by atoms with Gasteiger partial charge in [-0.2, -0.15) is 5.10 Å². The van der Waals surface area contributed by atoms with Crippen molar-refractivity contribution < 1.29 is 29.6 Å². The number of allylic oxidation sites excluding steroid dienone is 2. The number of aromatic nitrogens is 2. The average molecular weight is 750 g/mol. The van der Waals surface area contributed by atoms with Gasteiger partial charge in [0.25, 0.3) is 0 Å². The number of likely N-dealkylation sites (tertiary alicyclic amines) is 1. The molecule has 0 spiro atoms. The molecule has 4 aromatic rings. The van der Waals surface area contributed by atoms with Gasteiger partial charge in [0.1, 0.15) is 19.0 Å². The van der Waals surface area contributed by atoms with E-state index >= 15 is 0 Å². The van der Waals surface area contributed by atoms with E-state index < -0.39 is 18.3 Å². The summed E-state index contributed by atoms with van der Waals surface area (Å²) in [6.45, 7) is 5.61. The average Bonchev–Trinajstić information content (AvgIpc) is 3.76. The summed E-state index contributed by atoms with van der Waals surface area (Å²) in [4.78, 5) is 15.0. The minimum Gasteiger partial charge on any atom is -0.490 e. The van der Waals surface area contributed by atoms with E-state index in [1.165, 1.54) is 34.9 Å². The molecule has 2 fully saturated rings. The Bertz CT molecular complexity index is 1840. The van der Waals surface area contributed by atoms with Crippen molar-refractivity contribution in [1.29, 1.82) is 0 Å². The Kier molecular flexibility index (Phi) is 15.1. The molecule has 6 atom stereocenters. The van der Waals surface area contributed by atoms with Crippen LogP contribution in [0.1, 0.15) is 73.6 Å². The van der Waals surface area contributed by atoms with Crippen LogP contribution in [0.25, 0.3) is 10.9 Å². The number of nitrogens with one attached hydrogen (secondary N) is 1. The number of hydrogen-bond donors (Lipinski definition) is 4. The lowest BCUT2D eigenvalue weighted by atomic mass is 9.89. The van der Waals surface area contributed by atoms with Gasteiger partial charge in [-0.3, -0.25) is 14.8 Å². The van der Waals surface area contributed by atoms with Crippen LogP contribution >= 0.6 is 0 Å². The Morgan fingerprint density at radius 1 is 1.02 bits per heavy atom. The van der Waals surface area contributed by atoms with E-state index in [1.54, 1.807) is 6.08 Å². The Morgan fingerprint density at radius 3 is 2.75 bits per heavy atom. The molecule has 1 aliphatic carbocycles. The van der Waals surface area contributed by atoms with E-state index in [4.69, 9.17) is 9.47 Å². The topological polar surface area (TPSA) is 128 Å². The maximum Gasteiger partial charge on any atom is 0.305 e. The van der Waals surface area contributed by atoms with Gasteiger partial charge in [0.05, 0.1) is 30.0 Å². The molecule has 0 radical (unpaired) electrons. The van der Waals surface area contributed by atoms with Gasteiger partial charge >= 0.3 is 5.97 Å². The van der Waals surface area contributed by atoms with Gasteiger partial charge in [0.2, 0.25) is 0 Å². The molecule has 4 N–H and O–H groups in total. The third-order valence-corrected chi connectivity index (χ3v) is 11.3. The van der Waals surface area contributed by atoms with Gasteiger partial charge < -0.3 is 24.8 Å². The SMILES string of the molecule is Cc1ccc(CN2CCC[C@@H](Cc3ccc4[nH]ncc4c3)C2)cc1OCCOC(=O)CCC/C=C\C[C@@H]1[C@@H](/C=C/[C@@H](O)CCc2ccccc2)[C@H](O)C[C@@H]1O. The van der Waals surface area contributed by atoms with Crippen molar-refractivity contribution in [3.63, 3.8) is 0 Å². The maximum atomic E-state index is 12.4. The summed E-state index contributed by atoms with van der Waals surface area (Å²) < 4.78 is 11.5. The third-order valence-electron chi connectivity index (χ3n) is 11.3. The lowest BCUT2D eigenvalue weighted by Gasteiger charge is -2.33. The van der Waals surface area contributed by atoms with Gasteiger partial charge in [0, 0.05) is 37.2 Å². The van der Waals surface area contributed by atoms with E-state index in [-0.39, 0.29) is 24.4 Å². The molecule has 55 heavy (non-hydrogen) atoms. The number of aryl methyl sites for hydroxylation is 2. The molecule has 0 unspecified atom stereocenters. The number of hydrogen-bond acceptors (Lipinski definition) is 8. The summed E-state index contributed by atoms with van der Waals surface area (Å²) in [5.41, 5.74) is 5.92. The minimum absolute atomic E-state index is 0.115. The zero-order valence-electron chi connectivity index (χ0n) is 32.3. The van der Waals surface area contributed by atoms with Crippen LogP contribution in [0.4, 0.5) is 0 Å². The monoisotopic (exact) mass is 749 g/mol. The first-order chi connectivity index (χ1) is 26.8. The van der Waals surface area contributed by atoms with E-state index in [1.807, 2.05) is 61.7 Å². The fourth-order valence-electron chi connectivity index (χ4n) is 8.20. The quantitative estimate of drug-likeness (QED) is 0.0448. The summed E-state index contributed by atoms with van der Waals surface area (Å²) in [7, 11) is 0. The lowest BCUT2D eigenvalue weighted by molar-refractivity contribution is -0.144. The van der Waals surface area contributed by atoms with Crippen LogP contribution in [0.3, 0.4) is 0 Å².